The van der Waals surface area contributed by atoms with E-state index >= 15 is 0 Å². The second-order valence-electron chi connectivity index (χ2n) is 5.07. The zero-order chi connectivity index (χ0) is 18.1. The fourth-order valence-electron chi connectivity index (χ4n) is 2.28. The lowest BCUT2D eigenvalue weighted by atomic mass is 10.1. The Bertz CT molecular complexity index is 908. The van der Waals surface area contributed by atoms with Gasteiger partial charge in [0, 0.05) is 15.6 Å². The zero-order valence-electron chi connectivity index (χ0n) is 12.4. The number of hydrogen-bond acceptors (Lipinski definition) is 3. The van der Waals surface area contributed by atoms with Crippen LogP contribution in [0.4, 0.5) is 10.1 Å². The molecule has 0 radical (unpaired) electrons. The maximum Gasteiger partial charge on any atom is 0.270 e. The van der Waals surface area contributed by atoms with E-state index in [-0.39, 0.29) is 10.7 Å². The molecule has 0 bridgehead atoms. The Hall–Kier alpha value is -2.28. The van der Waals surface area contributed by atoms with Crippen LogP contribution in [-0.2, 0) is 9.59 Å². The molecule has 1 aliphatic rings. The summed E-state index contributed by atoms with van der Waals surface area (Å²) in [4.78, 5) is 26.1. The van der Waals surface area contributed by atoms with Gasteiger partial charge in [-0.3, -0.25) is 19.8 Å². The van der Waals surface area contributed by atoms with Crippen LogP contribution in [0.2, 0.25) is 10.0 Å². The summed E-state index contributed by atoms with van der Waals surface area (Å²) >= 11 is 17.2. The highest BCUT2D eigenvalue weighted by Gasteiger charge is 2.34. The van der Waals surface area contributed by atoms with Crippen molar-refractivity contribution in [2.75, 3.05) is 4.90 Å². The maximum absolute atomic E-state index is 13.1. The third-order valence-electron chi connectivity index (χ3n) is 3.47. The summed E-state index contributed by atoms with van der Waals surface area (Å²) in [6, 6.07) is 9.98. The van der Waals surface area contributed by atoms with Gasteiger partial charge in [-0.25, -0.2) is 4.39 Å². The van der Waals surface area contributed by atoms with Crippen molar-refractivity contribution in [2.45, 2.75) is 0 Å². The molecule has 8 heteroatoms. The van der Waals surface area contributed by atoms with Crippen molar-refractivity contribution in [3.63, 3.8) is 0 Å². The Morgan fingerprint density at radius 1 is 1.04 bits per heavy atom. The Morgan fingerprint density at radius 3 is 2.24 bits per heavy atom. The zero-order valence-corrected chi connectivity index (χ0v) is 14.8. The van der Waals surface area contributed by atoms with Gasteiger partial charge in [0.25, 0.3) is 11.8 Å². The second-order valence-corrected chi connectivity index (χ2v) is 6.27. The molecule has 1 saturated heterocycles. The Kier molecular flexibility index (Phi) is 4.85. The van der Waals surface area contributed by atoms with E-state index in [0.29, 0.717) is 21.3 Å². The van der Waals surface area contributed by atoms with E-state index < -0.39 is 17.6 Å². The van der Waals surface area contributed by atoms with Crippen LogP contribution >= 0.6 is 35.4 Å². The van der Waals surface area contributed by atoms with Crippen LogP contribution in [0.5, 0.6) is 0 Å². The molecule has 2 aromatic carbocycles. The van der Waals surface area contributed by atoms with Gasteiger partial charge in [0.1, 0.15) is 11.4 Å². The number of carbonyl (C=O) groups excluding carboxylic acids is 2. The highest BCUT2D eigenvalue weighted by atomic mass is 35.5. The summed E-state index contributed by atoms with van der Waals surface area (Å²) in [5.74, 6) is -1.78. The number of anilines is 1. The molecular weight excluding hydrogens is 386 g/mol. The molecule has 2 amide bonds. The fraction of sp³-hybridized carbons (Fsp3) is 0. The highest BCUT2D eigenvalue weighted by Crippen LogP contribution is 2.29. The molecule has 4 nitrogen and oxygen atoms in total. The van der Waals surface area contributed by atoms with Crippen LogP contribution in [0.1, 0.15) is 5.56 Å². The topological polar surface area (TPSA) is 49.4 Å². The minimum Gasteiger partial charge on any atom is -0.298 e. The smallest absolute Gasteiger partial charge is 0.270 e. The first kappa shape index (κ1) is 17.5. The van der Waals surface area contributed by atoms with E-state index in [1.807, 2.05) is 0 Å². The first-order valence-corrected chi connectivity index (χ1v) is 8.16. The van der Waals surface area contributed by atoms with Gasteiger partial charge < -0.3 is 0 Å². The molecule has 3 rings (SSSR count). The van der Waals surface area contributed by atoms with Gasteiger partial charge in [-0.2, -0.15) is 0 Å². The van der Waals surface area contributed by atoms with Gasteiger partial charge in [-0.05, 0) is 54.7 Å². The number of halogens is 3. The van der Waals surface area contributed by atoms with Gasteiger partial charge in [-0.15, -0.1) is 0 Å². The minimum atomic E-state index is -0.663. The SMILES string of the molecule is O=C1NC(=S)N(c2ccc(F)cc2)C(=O)/C1=C/c1c(Cl)cccc1Cl. The number of thiocarbonyl (C=S) groups is 1. The van der Waals surface area contributed by atoms with Crippen LogP contribution in [0.25, 0.3) is 6.08 Å². The number of benzene rings is 2. The van der Waals surface area contributed by atoms with E-state index in [1.165, 1.54) is 30.3 Å². The highest BCUT2D eigenvalue weighted by molar-refractivity contribution is 7.80. The van der Waals surface area contributed by atoms with Crippen molar-refractivity contribution in [1.29, 1.82) is 0 Å². The van der Waals surface area contributed by atoms with Gasteiger partial charge in [0.15, 0.2) is 5.11 Å². The summed E-state index contributed by atoms with van der Waals surface area (Å²) in [7, 11) is 0. The number of nitrogens with one attached hydrogen (secondary N) is 1. The maximum atomic E-state index is 13.1. The lowest BCUT2D eigenvalue weighted by molar-refractivity contribution is -0.122. The van der Waals surface area contributed by atoms with Crippen molar-refractivity contribution in [3.05, 3.63) is 69.5 Å². The number of amides is 2. The first-order valence-electron chi connectivity index (χ1n) is 6.99. The molecule has 0 unspecified atom stereocenters. The molecule has 126 valence electrons. The molecule has 1 N–H and O–H groups in total. The predicted octanol–water partition coefficient (Wildman–Crippen LogP) is 3.96. The second kappa shape index (κ2) is 6.92. The molecule has 0 atom stereocenters. The van der Waals surface area contributed by atoms with Crippen LogP contribution in [0.15, 0.2) is 48.0 Å². The summed E-state index contributed by atoms with van der Waals surface area (Å²) in [6.45, 7) is 0. The molecule has 0 saturated carbocycles. The van der Waals surface area contributed by atoms with Gasteiger partial charge in [0.05, 0.1) is 5.69 Å². The predicted molar refractivity (Wildman–Crippen MR) is 99.1 cm³/mol. The quantitative estimate of drug-likeness (QED) is 0.476. The van der Waals surface area contributed by atoms with E-state index in [1.54, 1.807) is 18.2 Å². The number of rotatable bonds is 2. The summed E-state index contributed by atoms with van der Waals surface area (Å²) in [5.41, 5.74) is 0.483. The van der Waals surface area contributed by atoms with E-state index in [0.717, 1.165) is 4.90 Å². The van der Waals surface area contributed by atoms with Crippen molar-refractivity contribution in [1.82, 2.24) is 5.32 Å². The van der Waals surface area contributed by atoms with Gasteiger partial charge >= 0.3 is 0 Å². The number of carbonyl (C=O) groups is 2. The molecule has 2 aromatic rings. The van der Waals surface area contributed by atoms with Crippen LogP contribution in [-0.4, -0.2) is 16.9 Å². The standard InChI is InChI=1S/C17H9Cl2FN2O2S/c18-13-2-1-3-14(19)11(13)8-12-15(23)21-17(25)22(16(12)24)10-6-4-9(20)5-7-10/h1-8H,(H,21,23,25)/b12-8+. The molecule has 0 aromatic heterocycles. The first-order chi connectivity index (χ1) is 11.9. The van der Waals surface area contributed by atoms with Crippen molar-refractivity contribution >= 4 is 64.1 Å². The van der Waals surface area contributed by atoms with Crippen molar-refractivity contribution in [2.24, 2.45) is 0 Å². The Morgan fingerprint density at radius 2 is 1.64 bits per heavy atom. The summed E-state index contributed by atoms with van der Waals surface area (Å²) < 4.78 is 13.1. The lowest BCUT2D eigenvalue weighted by Gasteiger charge is -2.29. The van der Waals surface area contributed by atoms with Crippen molar-refractivity contribution < 1.29 is 14.0 Å². The molecule has 1 fully saturated rings. The average molecular weight is 395 g/mol. The molecule has 0 spiro atoms. The normalized spacial score (nSPS) is 16.4. The lowest BCUT2D eigenvalue weighted by Crippen LogP contribution is -2.54. The van der Waals surface area contributed by atoms with E-state index in [9.17, 15) is 14.0 Å². The van der Waals surface area contributed by atoms with Crippen molar-refractivity contribution in [3.8, 4) is 0 Å². The van der Waals surface area contributed by atoms with Crippen LogP contribution < -0.4 is 10.2 Å². The number of nitrogens with zero attached hydrogens (tertiary/aromatic N) is 1. The minimum absolute atomic E-state index is 0.0935. The summed E-state index contributed by atoms with van der Waals surface area (Å²) in [6.07, 6.45) is 1.31. The Balaban J connectivity index is 2.07. The van der Waals surface area contributed by atoms with E-state index in [4.69, 9.17) is 35.4 Å². The Labute approximate surface area is 157 Å². The monoisotopic (exact) mass is 394 g/mol. The average Bonchev–Trinajstić information content (AvgIpc) is 2.55. The van der Waals surface area contributed by atoms with Crippen LogP contribution in [0, 0.1) is 5.82 Å². The number of hydrogen-bond donors (Lipinski definition) is 1. The molecule has 0 aliphatic carbocycles. The fourth-order valence-corrected chi connectivity index (χ4v) is 3.06. The third kappa shape index (κ3) is 3.42. The largest absolute Gasteiger partial charge is 0.298 e. The van der Waals surface area contributed by atoms with Crippen LogP contribution in [0.3, 0.4) is 0 Å². The molecular formula is C17H9Cl2FN2O2S. The third-order valence-corrected chi connectivity index (χ3v) is 4.42. The summed E-state index contributed by atoms with van der Waals surface area (Å²) in [5, 5.41) is 2.93. The molecule has 25 heavy (non-hydrogen) atoms. The molecule has 1 heterocycles. The van der Waals surface area contributed by atoms with E-state index in [2.05, 4.69) is 5.32 Å². The van der Waals surface area contributed by atoms with Gasteiger partial charge in [0.2, 0.25) is 0 Å². The molecule has 1 aliphatic heterocycles. The van der Waals surface area contributed by atoms with Gasteiger partial charge in [-0.1, -0.05) is 29.3 Å².